The molecule has 0 aromatic carbocycles. The molecule has 39 heavy (non-hydrogen) atoms. The largest absolute Gasteiger partial charge is 0.492 e. The first kappa shape index (κ1) is 26.6. The lowest BCUT2D eigenvalue weighted by Crippen LogP contribution is -2.44. The van der Waals surface area contributed by atoms with Gasteiger partial charge in [0, 0.05) is 57.0 Å². The molecule has 1 aliphatic carbocycles. The van der Waals surface area contributed by atoms with E-state index in [1.165, 1.54) is 21.9 Å². The van der Waals surface area contributed by atoms with Crippen LogP contribution in [0.15, 0.2) is 27.8 Å². The van der Waals surface area contributed by atoms with Crippen LogP contribution >= 0.6 is 0 Å². The number of fused-ring (bicyclic) bond motifs is 1. The molecule has 2 aromatic rings. The monoisotopic (exact) mass is 546 g/mol. The lowest BCUT2D eigenvalue weighted by molar-refractivity contribution is -0.133. The summed E-state index contributed by atoms with van der Waals surface area (Å²) >= 11 is 0. The quantitative estimate of drug-likeness (QED) is 0.431. The van der Waals surface area contributed by atoms with Crippen LogP contribution < -0.4 is 21.5 Å². The van der Waals surface area contributed by atoms with Gasteiger partial charge in [-0.1, -0.05) is 20.8 Å². The number of aromatic nitrogens is 3. The number of nitrogens with zero attached hydrogens (tertiary/aromatic N) is 5. The van der Waals surface area contributed by atoms with Crippen LogP contribution in [0.1, 0.15) is 56.8 Å². The van der Waals surface area contributed by atoms with Crippen molar-refractivity contribution in [2.45, 2.75) is 71.1 Å². The Kier molecular flexibility index (Phi) is 6.59. The molecule has 210 valence electrons. The summed E-state index contributed by atoms with van der Waals surface area (Å²) < 4.78 is 29.4. The third-order valence-corrected chi connectivity index (χ3v) is 6.69. The van der Waals surface area contributed by atoms with Crippen LogP contribution in [-0.4, -0.2) is 73.4 Å². The van der Waals surface area contributed by atoms with Gasteiger partial charge in [-0.2, -0.15) is 4.52 Å². The number of halogens is 2. The number of hydrogen-bond donors (Lipinski definition) is 4. The van der Waals surface area contributed by atoms with Crippen LogP contribution in [0.25, 0.3) is 5.65 Å². The van der Waals surface area contributed by atoms with E-state index >= 15 is 0 Å². The van der Waals surface area contributed by atoms with Crippen molar-refractivity contribution in [3.05, 3.63) is 33.9 Å². The second kappa shape index (κ2) is 9.65. The molecule has 2 fully saturated rings. The topological polar surface area (TPSA) is 145 Å². The van der Waals surface area contributed by atoms with Gasteiger partial charge in [-0.3, -0.25) is 19.0 Å². The Hall–Kier alpha value is -3.97. The number of alkyl halides is 2. The maximum absolute atomic E-state index is 13.4. The summed E-state index contributed by atoms with van der Waals surface area (Å²) in [5.41, 5.74) is -0.917. The summed E-state index contributed by atoms with van der Waals surface area (Å²) in [6.45, 7) is 6.04. The number of carbonyl (C=O) groups is 2. The minimum absolute atomic E-state index is 0.00439. The Morgan fingerprint density at radius 2 is 1.92 bits per heavy atom. The molecule has 12 nitrogen and oxygen atoms in total. The molecule has 2 aliphatic heterocycles. The van der Waals surface area contributed by atoms with Crippen molar-refractivity contribution in [1.29, 1.82) is 0 Å². The van der Waals surface area contributed by atoms with Gasteiger partial charge in [0.2, 0.25) is 5.88 Å². The number of aromatic hydroxyl groups is 1. The first-order chi connectivity index (χ1) is 18.3. The highest BCUT2D eigenvalue weighted by Crippen LogP contribution is 2.29. The first-order valence-electron chi connectivity index (χ1n) is 12.9. The minimum Gasteiger partial charge on any atom is -0.492 e. The van der Waals surface area contributed by atoms with Gasteiger partial charge < -0.3 is 26.0 Å². The second-order valence-electron chi connectivity index (χ2n) is 11.4. The molecule has 1 saturated heterocycles. The molecule has 0 bridgehead atoms. The van der Waals surface area contributed by atoms with Crippen LogP contribution in [0.2, 0.25) is 0 Å². The van der Waals surface area contributed by atoms with Crippen molar-refractivity contribution in [2.24, 2.45) is 10.4 Å². The molecule has 3 aliphatic rings. The molecule has 1 unspecified atom stereocenters. The highest BCUT2D eigenvalue weighted by Gasteiger charge is 2.36. The number of anilines is 1. The Labute approximate surface area is 222 Å². The van der Waals surface area contributed by atoms with E-state index in [2.05, 4.69) is 26.0 Å². The van der Waals surface area contributed by atoms with Crippen molar-refractivity contribution in [2.75, 3.05) is 18.4 Å². The number of hydrogen-bond acceptors (Lipinski definition) is 8. The van der Waals surface area contributed by atoms with Gasteiger partial charge >= 0.3 is 0 Å². The maximum atomic E-state index is 13.4. The van der Waals surface area contributed by atoms with Crippen molar-refractivity contribution in [1.82, 2.24) is 29.7 Å². The average molecular weight is 547 g/mol. The minimum atomic E-state index is -2.75. The number of rotatable bonds is 6. The number of piperidine rings is 1. The zero-order valence-electron chi connectivity index (χ0n) is 22.0. The van der Waals surface area contributed by atoms with Crippen molar-refractivity contribution in [3.8, 4) is 5.88 Å². The number of likely N-dealkylation sites (tertiary alicyclic amines) is 1. The van der Waals surface area contributed by atoms with Gasteiger partial charge in [0.15, 0.2) is 11.4 Å². The molecule has 14 heteroatoms. The third-order valence-electron chi connectivity index (χ3n) is 6.69. The second-order valence-corrected chi connectivity index (χ2v) is 11.4. The van der Waals surface area contributed by atoms with Gasteiger partial charge in [-0.05, 0) is 18.3 Å². The van der Waals surface area contributed by atoms with E-state index in [-0.39, 0.29) is 61.0 Å². The highest BCUT2D eigenvalue weighted by atomic mass is 19.3. The predicted molar refractivity (Wildman–Crippen MR) is 139 cm³/mol. The fourth-order valence-electron chi connectivity index (χ4n) is 4.50. The number of amides is 2. The molecule has 4 heterocycles. The Morgan fingerprint density at radius 3 is 2.51 bits per heavy atom. The smallest absolute Gasteiger partial charge is 0.273 e. The van der Waals surface area contributed by atoms with Crippen molar-refractivity contribution in [3.63, 3.8) is 0 Å². The van der Waals surface area contributed by atoms with Gasteiger partial charge in [-0.25, -0.2) is 13.8 Å². The summed E-state index contributed by atoms with van der Waals surface area (Å²) in [4.78, 5) is 44.4. The van der Waals surface area contributed by atoms with E-state index in [1.807, 2.05) is 20.8 Å². The Balaban J connectivity index is 1.36. The van der Waals surface area contributed by atoms with Gasteiger partial charge in [0.05, 0.1) is 0 Å². The highest BCUT2D eigenvalue weighted by molar-refractivity contribution is 5.97. The molecular weight excluding hydrogens is 514 g/mol. The molecular formula is C25H32F2N8O4. The SMILES string of the molecule is CC(C)(C)Cn1c(=O)c(C(=O)NC2CC2)c(O)n2nc(NC3C=NC(C(=O)N4CCC(F)(F)CC4)=CN3)cc12. The van der Waals surface area contributed by atoms with Gasteiger partial charge in [0.1, 0.15) is 17.5 Å². The molecule has 0 spiro atoms. The summed E-state index contributed by atoms with van der Waals surface area (Å²) in [7, 11) is 0. The normalized spacial score (nSPS) is 20.9. The third kappa shape index (κ3) is 5.73. The van der Waals surface area contributed by atoms with Crippen LogP contribution in [-0.2, 0) is 11.3 Å². The summed E-state index contributed by atoms with van der Waals surface area (Å²) in [5, 5.41) is 24.0. The fourth-order valence-corrected chi connectivity index (χ4v) is 4.50. The summed E-state index contributed by atoms with van der Waals surface area (Å²) in [6.07, 6.45) is 3.14. The van der Waals surface area contributed by atoms with Crippen molar-refractivity contribution < 1.29 is 23.5 Å². The standard InChI is InChI=1S/C25H32F2N8O4/c1-24(2,3)13-34-18-10-16(32-35(18)23(39)19(22(34)38)20(36)30-14-4-5-14)31-17-12-28-15(11-29-17)21(37)33-8-6-25(26,27)7-9-33/h10-12,14,17,29,39H,4-9,13H2,1-3H3,(H,30,36)(H,31,32). The van der Waals surface area contributed by atoms with E-state index in [1.54, 1.807) is 6.07 Å². The lowest BCUT2D eigenvalue weighted by atomic mass is 9.97. The first-order valence-corrected chi connectivity index (χ1v) is 12.9. The van der Waals surface area contributed by atoms with Gasteiger partial charge in [0.25, 0.3) is 23.3 Å². The zero-order chi connectivity index (χ0) is 28.1. The molecule has 4 N–H and O–H groups in total. The molecule has 5 rings (SSSR count). The van der Waals surface area contributed by atoms with Crippen molar-refractivity contribution >= 4 is 29.5 Å². The maximum Gasteiger partial charge on any atom is 0.273 e. The Morgan fingerprint density at radius 1 is 1.23 bits per heavy atom. The molecule has 0 radical (unpaired) electrons. The van der Waals surface area contributed by atoms with E-state index < -0.39 is 35.3 Å². The fraction of sp³-hybridized carbons (Fsp3) is 0.560. The number of aliphatic imine (C=N–C) groups is 1. The Bertz CT molecular complexity index is 1420. The van der Waals surface area contributed by atoms with E-state index in [0.29, 0.717) is 5.65 Å². The molecule has 1 atom stereocenters. The van der Waals surface area contributed by atoms with Crippen LogP contribution in [0.4, 0.5) is 14.6 Å². The zero-order valence-corrected chi connectivity index (χ0v) is 22.0. The average Bonchev–Trinajstić information content (AvgIpc) is 3.57. The molecule has 1 saturated carbocycles. The molecule has 2 amide bonds. The van der Waals surface area contributed by atoms with Crippen LogP contribution in [0, 0.1) is 5.41 Å². The number of carbonyl (C=O) groups excluding carboxylic acids is 2. The number of nitrogens with one attached hydrogen (secondary N) is 3. The van der Waals surface area contributed by atoms with Crippen LogP contribution in [0.5, 0.6) is 5.88 Å². The van der Waals surface area contributed by atoms with Crippen LogP contribution in [0.3, 0.4) is 0 Å². The summed E-state index contributed by atoms with van der Waals surface area (Å²) in [5.74, 6) is -4.12. The summed E-state index contributed by atoms with van der Waals surface area (Å²) in [6, 6.07) is 1.57. The van der Waals surface area contributed by atoms with E-state index in [9.17, 15) is 28.3 Å². The predicted octanol–water partition coefficient (Wildman–Crippen LogP) is 1.65. The van der Waals surface area contributed by atoms with E-state index in [0.717, 1.165) is 17.4 Å². The molecule has 2 aromatic heterocycles. The van der Waals surface area contributed by atoms with Gasteiger partial charge in [-0.15, -0.1) is 5.10 Å². The van der Waals surface area contributed by atoms with E-state index in [4.69, 9.17) is 0 Å². The lowest BCUT2D eigenvalue weighted by Gasteiger charge is -2.32.